The van der Waals surface area contributed by atoms with E-state index in [1.165, 1.54) is 5.56 Å². The van der Waals surface area contributed by atoms with E-state index in [-0.39, 0.29) is 0 Å². The number of carboxylic acids is 2. The minimum Gasteiger partial charge on any atom is -0.489 e. The van der Waals surface area contributed by atoms with E-state index in [2.05, 4.69) is 67.2 Å². The Balaban J connectivity index is 0.000000509. The Morgan fingerprint density at radius 1 is 0.914 bits per heavy atom. The first-order chi connectivity index (χ1) is 16.8. The summed E-state index contributed by atoms with van der Waals surface area (Å²) in [7, 11) is 2.02. The predicted molar refractivity (Wildman–Crippen MR) is 136 cm³/mol. The van der Waals surface area contributed by atoms with Gasteiger partial charge in [-0.2, -0.15) is 0 Å². The third kappa shape index (κ3) is 7.72. The van der Waals surface area contributed by atoms with Gasteiger partial charge in [0.1, 0.15) is 12.4 Å². The summed E-state index contributed by atoms with van der Waals surface area (Å²) in [5.74, 6) is -1.94. The highest BCUT2D eigenvalue weighted by Crippen LogP contribution is 2.24. The number of ether oxygens (including phenoxy) is 1. The normalized spacial score (nSPS) is 10.1. The van der Waals surface area contributed by atoms with E-state index in [1.54, 1.807) is 0 Å². The minimum atomic E-state index is -1.82. The number of benzene rings is 3. The first-order valence-electron chi connectivity index (χ1n) is 10.6. The molecule has 8 nitrogen and oxygen atoms in total. The molecule has 0 aliphatic heterocycles. The summed E-state index contributed by atoms with van der Waals surface area (Å²) in [4.78, 5) is 22.7. The smallest absolute Gasteiger partial charge is 0.414 e. The van der Waals surface area contributed by atoms with E-state index < -0.39 is 11.9 Å². The molecule has 0 aliphatic carbocycles. The molecule has 0 radical (unpaired) electrons. The molecule has 0 amide bonds. The molecule has 0 aliphatic rings. The summed E-state index contributed by atoms with van der Waals surface area (Å²) in [5.41, 5.74) is 4.54. The van der Waals surface area contributed by atoms with E-state index in [0.717, 1.165) is 33.0 Å². The van der Waals surface area contributed by atoms with Crippen LogP contribution in [0, 0.1) is 0 Å². The van der Waals surface area contributed by atoms with Gasteiger partial charge in [0.2, 0.25) is 5.95 Å². The van der Waals surface area contributed by atoms with Crippen molar-refractivity contribution >= 4 is 33.8 Å². The van der Waals surface area contributed by atoms with Gasteiger partial charge in [-0.1, -0.05) is 70.5 Å². The second-order valence-electron chi connectivity index (χ2n) is 7.42. The quantitative estimate of drug-likeness (QED) is 0.277. The van der Waals surface area contributed by atoms with Crippen LogP contribution in [0.15, 0.2) is 89.5 Å². The summed E-state index contributed by atoms with van der Waals surface area (Å²) < 4.78 is 8.99. The molecule has 3 aromatic carbocycles. The maximum absolute atomic E-state index is 9.10. The number of rotatable bonds is 7. The molecule has 0 fully saturated rings. The van der Waals surface area contributed by atoms with Crippen LogP contribution < -0.4 is 10.1 Å². The lowest BCUT2D eigenvalue weighted by atomic mass is 10.2. The molecule has 4 aromatic rings. The van der Waals surface area contributed by atoms with Crippen molar-refractivity contribution in [2.24, 2.45) is 7.05 Å². The lowest BCUT2D eigenvalue weighted by Gasteiger charge is -2.10. The highest BCUT2D eigenvalue weighted by Gasteiger charge is 2.08. The fourth-order valence-electron chi connectivity index (χ4n) is 3.09. The van der Waals surface area contributed by atoms with Crippen molar-refractivity contribution in [1.82, 2.24) is 9.55 Å². The van der Waals surface area contributed by atoms with Crippen molar-refractivity contribution in [3.05, 3.63) is 101 Å². The van der Waals surface area contributed by atoms with Gasteiger partial charge in [-0.25, -0.2) is 14.6 Å². The number of halogens is 1. The molecular weight excluding hydrogens is 514 g/mol. The number of nitrogens with zero attached hydrogens (tertiary/aromatic N) is 2. The van der Waals surface area contributed by atoms with E-state index in [9.17, 15) is 0 Å². The number of nitrogens with one attached hydrogen (secondary N) is 1. The summed E-state index contributed by atoms with van der Waals surface area (Å²) >= 11 is 3.48. The first kappa shape index (κ1) is 25.5. The SMILES string of the molecule is Cn1c(-c2ccc(Br)cc2)cnc1NCc1ccc(OCc2ccccc2)cc1.O=C(O)C(=O)O. The number of carbonyl (C=O) groups is 2. The minimum absolute atomic E-state index is 0.574. The van der Waals surface area contributed by atoms with Crippen molar-refractivity contribution in [2.75, 3.05) is 5.32 Å². The van der Waals surface area contributed by atoms with Crippen molar-refractivity contribution in [3.63, 3.8) is 0 Å². The molecule has 0 spiro atoms. The Hall–Kier alpha value is -4.11. The fourth-order valence-corrected chi connectivity index (χ4v) is 3.35. The number of imidazole rings is 1. The van der Waals surface area contributed by atoms with Crippen LogP contribution in [-0.4, -0.2) is 31.7 Å². The largest absolute Gasteiger partial charge is 0.489 e. The van der Waals surface area contributed by atoms with Crippen molar-refractivity contribution in [3.8, 4) is 17.0 Å². The van der Waals surface area contributed by atoms with Gasteiger partial charge in [0.25, 0.3) is 0 Å². The van der Waals surface area contributed by atoms with Crippen LogP contribution in [-0.2, 0) is 29.8 Å². The average Bonchev–Trinajstić information content (AvgIpc) is 3.23. The molecule has 1 aromatic heterocycles. The maximum atomic E-state index is 9.10. The van der Waals surface area contributed by atoms with Gasteiger partial charge in [-0.05, 0) is 41.0 Å². The van der Waals surface area contributed by atoms with Gasteiger partial charge in [0.05, 0.1) is 11.9 Å². The molecule has 4 rings (SSSR count). The lowest BCUT2D eigenvalue weighted by molar-refractivity contribution is -0.159. The Bertz CT molecular complexity index is 1240. The van der Waals surface area contributed by atoms with Crippen molar-refractivity contribution in [2.45, 2.75) is 13.2 Å². The van der Waals surface area contributed by atoms with E-state index >= 15 is 0 Å². The van der Waals surface area contributed by atoms with Crippen LogP contribution in [0.1, 0.15) is 11.1 Å². The van der Waals surface area contributed by atoms with E-state index in [1.807, 2.05) is 55.7 Å². The highest BCUT2D eigenvalue weighted by atomic mass is 79.9. The standard InChI is InChI=1S/C24H22BrN3O.C2H2O4/c1-28-23(20-9-11-21(25)12-10-20)16-27-24(28)26-15-18-7-13-22(14-8-18)29-17-19-5-3-2-4-6-19;3-1(4)2(5)6/h2-14,16H,15,17H2,1H3,(H,26,27);(H,3,4)(H,5,6). The third-order valence-electron chi connectivity index (χ3n) is 4.93. The Kier molecular flexibility index (Phi) is 9.02. The average molecular weight is 538 g/mol. The predicted octanol–water partition coefficient (Wildman–Crippen LogP) is 5.20. The molecule has 9 heteroatoms. The van der Waals surface area contributed by atoms with Crippen LogP contribution in [0.3, 0.4) is 0 Å². The number of aromatic nitrogens is 2. The summed E-state index contributed by atoms with van der Waals surface area (Å²) in [5, 5.41) is 18.2. The third-order valence-corrected chi connectivity index (χ3v) is 5.46. The summed E-state index contributed by atoms with van der Waals surface area (Å²) in [6.07, 6.45) is 1.89. The Morgan fingerprint density at radius 3 is 2.14 bits per heavy atom. The fraction of sp³-hybridized carbons (Fsp3) is 0.115. The molecular formula is C26H24BrN3O5. The van der Waals surface area contributed by atoms with Crippen LogP contribution in [0.2, 0.25) is 0 Å². The summed E-state index contributed by atoms with van der Waals surface area (Å²) in [6.45, 7) is 1.27. The molecule has 3 N–H and O–H groups in total. The topological polar surface area (TPSA) is 114 Å². The second-order valence-corrected chi connectivity index (χ2v) is 8.33. The van der Waals surface area contributed by atoms with Gasteiger partial charge in [0, 0.05) is 18.1 Å². The maximum Gasteiger partial charge on any atom is 0.414 e. The molecule has 0 atom stereocenters. The van der Waals surface area contributed by atoms with Gasteiger partial charge >= 0.3 is 11.9 Å². The van der Waals surface area contributed by atoms with E-state index in [0.29, 0.717) is 13.2 Å². The van der Waals surface area contributed by atoms with Crippen LogP contribution in [0.5, 0.6) is 5.75 Å². The van der Waals surface area contributed by atoms with Crippen LogP contribution >= 0.6 is 15.9 Å². The second kappa shape index (κ2) is 12.4. The number of carboxylic acid groups (broad SMARTS) is 2. The highest BCUT2D eigenvalue weighted by molar-refractivity contribution is 9.10. The first-order valence-corrected chi connectivity index (χ1v) is 11.4. The lowest BCUT2D eigenvalue weighted by Crippen LogP contribution is -2.09. The zero-order valence-corrected chi connectivity index (χ0v) is 20.5. The number of aliphatic carboxylic acids is 2. The van der Waals surface area contributed by atoms with Crippen LogP contribution in [0.4, 0.5) is 5.95 Å². The van der Waals surface area contributed by atoms with E-state index in [4.69, 9.17) is 24.5 Å². The number of anilines is 1. The molecule has 0 bridgehead atoms. The molecule has 0 unspecified atom stereocenters. The Morgan fingerprint density at radius 2 is 1.54 bits per heavy atom. The van der Waals surface area contributed by atoms with Crippen molar-refractivity contribution in [1.29, 1.82) is 0 Å². The van der Waals surface area contributed by atoms with Gasteiger partial charge in [-0.3, -0.25) is 0 Å². The van der Waals surface area contributed by atoms with Crippen LogP contribution in [0.25, 0.3) is 11.3 Å². The number of hydrogen-bond donors (Lipinski definition) is 3. The summed E-state index contributed by atoms with van der Waals surface area (Å²) in [6, 6.07) is 26.6. The molecule has 180 valence electrons. The van der Waals surface area contributed by atoms with Gasteiger partial charge in [0.15, 0.2) is 0 Å². The monoisotopic (exact) mass is 537 g/mol. The van der Waals surface area contributed by atoms with Gasteiger partial charge in [-0.15, -0.1) is 0 Å². The molecule has 0 saturated heterocycles. The zero-order chi connectivity index (χ0) is 25.2. The zero-order valence-electron chi connectivity index (χ0n) is 18.9. The molecule has 0 saturated carbocycles. The van der Waals surface area contributed by atoms with Crippen molar-refractivity contribution < 1.29 is 24.5 Å². The molecule has 35 heavy (non-hydrogen) atoms. The van der Waals surface area contributed by atoms with Gasteiger partial charge < -0.3 is 24.8 Å². The number of hydrogen-bond acceptors (Lipinski definition) is 5. The Labute approximate surface area is 211 Å². The molecule has 1 heterocycles.